The first-order valence-electron chi connectivity index (χ1n) is 8.34. The standard InChI is InChI=1S/C16H28N2O2.ClH/c1-12(9-14-6-4-8-20-14)18-15(19)16-7-3-2-5-13(16)10-17-11-16;/h12-14,17H,2-11H2,1H3,(H,18,19);1H/t12?,13-,14?,16+;/m0./s1. The monoisotopic (exact) mass is 316 g/mol. The van der Waals surface area contributed by atoms with Crippen molar-refractivity contribution in [1.29, 1.82) is 0 Å². The molecule has 2 heterocycles. The second kappa shape index (κ2) is 7.30. The molecule has 0 spiro atoms. The summed E-state index contributed by atoms with van der Waals surface area (Å²) in [5.41, 5.74) is -0.122. The third-order valence-electron chi connectivity index (χ3n) is 5.51. The van der Waals surface area contributed by atoms with Crippen LogP contribution in [0.5, 0.6) is 0 Å². The normalized spacial score (nSPS) is 36.6. The second-order valence-corrected chi connectivity index (χ2v) is 6.97. The van der Waals surface area contributed by atoms with Crippen molar-refractivity contribution >= 4 is 18.3 Å². The van der Waals surface area contributed by atoms with Crippen molar-refractivity contribution in [2.45, 2.75) is 64.0 Å². The van der Waals surface area contributed by atoms with Gasteiger partial charge in [0.1, 0.15) is 0 Å². The van der Waals surface area contributed by atoms with Crippen LogP contribution in [-0.4, -0.2) is 37.7 Å². The Bertz CT molecular complexity index is 360. The van der Waals surface area contributed by atoms with Gasteiger partial charge in [-0.15, -0.1) is 12.4 Å². The fourth-order valence-electron chi connectivity index (χ4n) is 4.34. The highest BCUT2D eigenvalue weighted by Gasteiger charge is 2.49. The number of hydrogen-bond acceptors (Lipinski definition) is 3. The number of carbonyl (C=O) groups is 1. The van der Waals surface area contributed by atoms with Crippen LogP contribution in [0.1, 0.15) is 51.9 Å². The number of amides is 1. The van der Waals surface area contributed by atoms with Crippen molar-refractivity contribution in [3.63, 3.8) is 0 Å². The molecule has 2 N–H and O–H groups in total. The van der Waals surface area contributed by atoms with Gasteiger partial charge in [-0.3, -0.25) is 4.79 Å². The molecule has 0 aromatic carbocycles. The van der Waals surface area contributed by atoms with Crippen LogP contribution >= 0.6 is 12.4 Å². The van der Waals surface area contributed by atoms with Gasteiger partial charge in [0.2, 0.25) is 5.91 Å². The number of carbonyl (C=O) groups excluding carboxylic acids is 1. The zero-order valence-corrected chi connectivity index (χ0v) is 13.8. The third-order valence-corrected chi connectivity index (χ3v) is 5.51. The van der Waals surface area contributed by atoms with Crippen LogP contribution in [0.4, 0.5) is 0 Å². The Morgan fingerprint density at radius 1 is 1.38 bits per heavy atom. The number of hydrogen-bond donors (Lipinski definition) is 2. The molecule has 122 valence electrons. The minimum Gasteiger partial charge on any atom is -0.378 e. The molecule has 1 amide bonds. The first-order valence-corrected chi connectivity index (χ1v) is 8.34. The van der Waals surface area contributed by atoms with E-state index in [0.717, 1.165) is 39.0 Å². The Balaban J connectivity index is 0.00000161. The zero-order valence-electron chi connectivity index (χ0n) is 13.0. The number of halogens is 1. The van der Waals surface area contributed by atoms with E-state index in [1.807, 2.05) is 0 Å². The van der Waals surface area contributed by atoms with E-state index in [0.29, 0.717) is 12.0 Å². The highest BCUT2D eigenvalue weighted by atomic mass is 35.5. The molecule has 2 unspecified atom stereocenters. The molecule has 1 saturated carbocycles. The van der Waals surface area contributed by atoms with Crippen molar-refractivity contribution in [2.24, 2.45) is 11.3 Å². The summed E-state index contributed by atoms with van der Waals surface area (Å²) < 4.78 is 5.67. The van der Waals surface area contributed by atoms with E-state index >= 15 is 0 Å². The molecule has 3 rings (SSSR count). The predicted molar refractivity (Wildman–Crippen MR) is 85.7 cm³/mol. The smallest absolute Gasteiger partial charge is 0.228 e. The maximum Gasteiger partial charge on any atom is 0.228 e. The van der Waals surface area contributed by atoms with Crippen LogP contribution in [0.15, 0.2) is 0 Å². The van der Waals surface area contributed by atoms with Crippen molar-refractivity contribution in [2.75, 3.05) is 19.7 Å². The Morgan fingerprint density at radius 3 is 3.00 bits per heavy atom. The molecule has 5 heteroatoms. The average Bonchev–Trinajstić information content (AvgIpc) is 3.07. The van der Waals surface area contributed by atoms with E-state index in [1.165, 1.54) is 25.7 Å². The molecule has 1 aliphatic carbocycles. The Kier molecular flexibility index (Phi) is 5.92. The molecule has 0 radical (unpaired) electrons. The van der Waals surface area contributed by atoms with Gasteiger partial charge in [0.25, 0.3) is 0 Å². The fourth-order valence-corrected chi connectivity index (χ4v) is 4.34. The van der Waals surface area contributed by atoms with Crippen LogP contribution in [0, 0.1) is 11.3 Å². The lowest BCUT2D eigenvalue weighted by molar-refractivity contribution is -0.134. The van der Waals surface area contributed by atoms with Gasteiger partial charge in [-0.2, -0.15) is 0 Å². The molecule has 2 saturated heterocycles. The lowest BCUT2D eigenvalue weighted by Gasteiger charge is -2.38. The molecular formula is C16H29ClN2O2. The summed E-state index contributed by atoms with van der Waals surface area (Å²) in [6.45, 7) is 4.90. The van der Waals surface area contributed by atoms with Crippen molar-refractivity contribution < 1.29 is 9.53 Å². The van der Waals surface area contributed by atoms with E-state index < -0.39 is 0 Å². The van der Waals surface area contributed by atoms with Crippen LogP contribution in [0.2, 0.25) is 0 Å². The number of nitrogens with one attached hydrogen (secondary N) is 2. The van der Waals surface area contributed by atoms with E-state index in [2.05, 4.69) is 17.6 Å². The first kappa shape index (κ1) is 17.0. The highest BCUT2D eigenvalue weighted by molar-refractivity contribution is 5.85. The number of rotatable bonds is 4. The maximum atomic E-state index is 12.8. The van der Waals surface area contributed by atoms with E-state index in [9.17, 15) is 4.79 Å². The summed E-state index contributed by atoms with van der Waals surface area (Å²) in [5, 5.41) is 6.73. The maximum absolute atomic E-state index is 12.8. The van der Waals surface area contributed by atoms with Crippen LogP contribution in [0.25, 0.3) is 0 Å². The number of ether oxygens (including phenoxy) is 1. The number of fused-ring (bicyclic) bond motifs is 1. The minimum atomic E-state index is -0.122. The lowest BCUT2D eigenvalue weighted by atomic mass is 9.67. The molecule has 3 fully saturated rings. The van der Waals surface area contributed by atoms with Crippen LogP contribution in [-0.2, 0) is 9.53 Å². The SMILES string of the molecule is CC(CC1CCCO1)NC(=O)[C@@]12CCCC[C@H]1CNC2.Cl. The molecule has 4 atom stereocenters. The van der Waals surface area contributed by atoms with Gasteiger partial charge in [-0.05, 0) is 51.5 Å². The Morgan fingerprint density at radius 2 is 2.24 bits per heavy atom. The molecule has 0 aromatic heterocycles. The quantitative estimate of drug-likeness (QED) is 0.836. The van der Waals surface area contributed by atoms with Gasteiger partial charge < -0.3 is 15.4 Å². The fraction of sp³-hybridized carbons (Fsp3) is 0.938. The minimum absolute atomic E-state index is 0. The van der Waals surface area contributed by atoms with Crippen molar-refractivity contribution in [3.05, 3.63) is 0 Å². The first-order chi connectivity index (χ1) is 9.71. The molecular weight excluding hydrogens is 288 g/mol. The summed E-state index contributed by atoms with van der Waals surface area (Å²) in [4.78, 5) is 12.8. The van der Waals surface area contributed by atoms with E-state index in [-0.39, 0.29) is 29.8 Å². The van der Waals surface area contributed by atoms with E-state index in [4.69, 9.17) is 4.74 Å². The van der Waals surface area contributed by atoms with Crippen LogP contribution in [0.3, 0.4) is 0 Å². The molecule has 4 nitrogen and oxygen atoms in total. The molecule has 0 bridgehead atoms. The highest BCUT2D eigenvalue weighted by Crippen LogP contribution is 2.44. The third kappa shape index (κ3) is 3.54. The Hall–Kier alpha value is -0.320. The van der Waals surface area contributed by atoms with Gasteiger partial charge in [-0.25, -0.2) is 0 Å². The van der Waals surface area contributed by atoms with Crippen molar-refractivity contribution in [1.82, 2.24) is 10.6 Å². The second-order valence-electron chi connectivity index (χ2n) is 6.97. The molecule has 3 aliphatic rings. The summed E-state index contributed by atoms with van der Waals surface area (Å²) in [7, 11) is 0. The molecule has 21 heavy (non-hydrogen) atoms. The largest absolute Gasteiger partial charge is 0.378 e. The summed E-state index contributed by atoms with van der Waals surface area (Å²) in [6.07, 6.45) is 8.38. The average molecular weight is 317 g/mol. The lowest BCUT2D eigenvalue weighted by Crippen LogP contribution is -2.50. The summed E-state index contributed by atoms with van der Waals surface area (Å²) in [5.74, 6) is 0.837. The Labute approximate surface area is 134 Å². The zero-order chi connectivity index (χ0) is 14.0. The van der Waals surface area contributed by atoms with Gasteiger partial charge in [-0.1, -0.05) is 12.8 Å². The van der Waals surface area contributed by atoms with Gasteiger partial charge in [0, 0.05) is 19.2 Å². The molecule has 2 aliphatic heterocycles. The van der Waals surface area contributed by atoms with Crippen LogP contribution < -0.4 is 10.6 Å². The van der Waals surface area contributed by atoms with E-state index in [1.54, 1.807) is 0 Å². The topological polar surface area (TPSA) is 50.4 Å². The van der Waals surface area contributed by atoms with Crippen molar-refractivity contribution in [3.8, 4) is 0 Å². The van der Waals surface area contributed by atoms with Gasteiger partial charge in [0.15, 0.2) is 0 Å². The summed E-state index contributed by atoms with van der Waals surface area (Å²) in [6, 6.07) is 0.225. The summed E-state index contributed by atoms with van der Waals surface area (Å²) >= 11 is 0. The van der Waals surface area contributed by atoms with Gasteiger partial charge in [0.05, 0.1) is 11.5 Å². The predicted octanol–water partition coefficient (Wildman–Crippen LogP) is 2.26. The molecule has 0 aromatic rings. The van der Waals surface area contributed by atoms with Gasteiger partial charge >= 0.3 is 0 Å².